The molecule has 1 heterocycles. The summed E-state index contributed by atoms with van der Waals surface area (Å²) in [5.41, 5.74) is 9.48. The fraction of sp³-hybridized carbons (Fsp3) is 0.250. The lowest BCUT2D eigenvalue weighted by molar-refractivity contribution is -0.138. The number of rotatable bonds is 5. The van der Waals surface area contributed by atoms with Gasteiger partial charge in [-0.05, 0) is 37.6 Å². The third-order valence-corrected chi connectivity index (χ3v) is 4.39. The number of nitrogens with two attached hydrogens (primary N) is 1. The summed E-state index contributed by atoms with van der Waals surface area (Å²) >= 11 is 0. The number of aliphatic carboxylic acids is 1. The van der Waals surface area contributed by atoms with E-state index in [1.165, 1.54) is 12.1 Å². The van der Waals surface area contributed by atoms with E-state index in [1.54, 1.807) is 12.1 Å². The maximum atomic E-state index is 13.4. The number of fused-ring (bicyclic) bond motifs is 1. The van der Waals surface area contributed by atoms with Crippen molar-refractivity contribution in [3.05, 3.63) is 60.0 Å². The molecule has 0 radical (unpaired) electrons. The van der Waals surface area contributed by atoms with E-state index >= 15 is 0 Å². The normalized spacial score (nSPS) is 12.7. The van der Waals surface area contributed by atoms with E-state index < -0.39 is 12.0 Å². The Kier molecular flexibility index (Phi) is 4.59. The van der Waals surface area contributed by atoms with Crippen LogP contribution >= 0.6 is 0 Å². The first kappa shape index (κ1) is 17.2. The number of halogens is 1. The van der Waals surface area contributed by atoms with Crippen molar-refractivity contribution in [1.29, 1.82) is 0 Å². The van der Waals surface area contributed by atoms with Crippen molar-refractivity contribution in [3.8, 4) is 11.1 Å². The van der Waals surface area contributed by atoms with Crippen LogP contribution in [0.5, 0.6) is 0 Å². The van der Waals surface area contributed by atoms with Crippen molar-refractivity contribution < 1.29 is 14.3 Å². The van der Waals surface area contributed by atoms with Crippen LogP contribution in [0.15, 0.2) is 48.5 Å². The number of para-hydroxylation sites is 1. The molecule has 130 valence electrons. The van der Waals surface area contributed by atoms with Crippen LogP contribution in [0, 0.1) is 5.82 Å². The first-order valence-electron chi connectivity index (χ1n) is 8.26. The standard InChI is InChI=1S/C20H21FN2O2/c1-12(2)23-17-6-4-3-5-15(17)19(13-7-9-14(21)10-8-13)18(23)11-16(22)20(24)25/h3-10,12,16H,11,22H2,1-2H3,(H,24,25). The van der Waals surface area contributed by atoms with Crippen LogP contribution in [-0.2, 0) is 11.2 Å². The molecule has 0 saturated carbocycles. The molecule has 2 aromatic carbocycles. The molecule has 5 heteroatoms. The van der Waals surface area contributed by atoms with Crippen molar-refractivity contribution in [3.63, 3.8) is 0 Å². The number of nitrogens with zero attached hydrogens (tertiary/aromatic N) is 1. The van der Waals surface area contributed by atoms with E-state index in [2.05, 4.69) is 18.4 Å². The molecule has 0 fully saturated rings. The zero-order valence-electron chi connectivity index (χ0n) is 14.2. The summed E-state index contributed by atoms with van der Waals surface area (Å²) in [6.45, 7) is 4.10. The Hall–Kier alpha value is -2.66. The minimum Gasteiger partial charge on any atom is -0.480 e. The number of carboxylic acid groups (broad SMARTS) is 1. The SMILES string of the molecule is CC(C)n1c(CC(N)C(=O)O)c(-c2ccc(F)cc2)c2ccccc21. The first-order chi connectivity index (χ1) is 11.9. The Morgan fingerprint density at radius 3 is 2.40 bits per heavy atom. The van der Waals surface area contributed by atoms with E-state index in [-0.39, 0.29) is 18.3 Å². The maximum Gasteiger partial charge on any atom is 0.320 e. The quantitative estimate of drug-likeness (QED) is 0.738. The molecule has 0 aliphatic carbocycles. The monoisotopic (exact) mass is 340 g/mol. The van der Waals surface area contributed by atoms with E-state index in [0.717, 1.165) is 27.7 Å². The maximum absolute atomic E-state index is 13.4. The molecule has 0 aliphatic heterocycles. The van der Waals surface area contributed by atoms with Crippen LogP contribution in [-0.4, -0.2) is 21.7 Å². The summed E-state index contributed by atoms with van der Waals surface area (Å²) in [5.74, 6) is -1.34. The van der Waals surface area contributed by atoms with Crippen molar-refractivity contribution in [2.24, 2.45) is 5.73 Å². The topological polar surface area (TPSA) is 68.2 Å². The highest BCUT2D eigenvalue weighted by Gasteiger charge is 2.23. The molecule has 0 amide bonds. The fourth-order valence-corrected chi connectivity index (χ4v) is 3.34. The highest BCUT2D eigenvalue weighted by Crippen LogP contribution is 2.37. The summed E-state index contributed by atoms with van der Waals surface area (Å²) in [7, 11) is 0. The van der Waals surface area contributed by atoms with Gasteiger partial charge < -0.3 is 15.4 Å². The van der Waals surface area contributed by atoms with Gasteiger partial charge in [-0.15, -0.1) is 0 Å². The molecule has 1 unspecified atom stereocenters. The zero-order valence-corrected chi connectivity index (χ0v) is 14.2. The highest BCUT2D eigenvalue weighted by atomic mass is 19.1. The molecule has 3 aromatic rings. The highest BCUT2D eigenvalue weighted by molar-refractivity contribution is 5.98. The van der Waals surface area contributed by atoms with Crippen LogP contribution < -0.4 is 5.73 Å². The predicted molar refractivity (Wildman–Crippen MR) is 97.0 cm³/mol. The summed E-state index contributed by atoms with van der Waals surface area (Å²) in [6, 6.07) is 13.3. The van der Waals surface area contributed by atoms with Crippen LogP contribution in [0.25, 0.3) is 22.0 Å². The Morgan fingerprint density at radius 2 is 1.80 bits per heavy atom. The van der Waals surface area contributed by atoms with Crippen LogP contribution in [0.2, 0.25) is 0 Å². The van der Waals surface area contributed by atoms with Crippen LogP contribution in [0.4, 0.5) is 4.39 Å². The summed E-state index contributed by atoms with van der Waals surface area (Å²) in [5, 5.41) is 10.3. The van der Waals surface area contributed by atoms with Crippen molar-refractivity contribution in [2.45, 2.75) is 32.4 Å². The Morgan fingerprint density at radius 1 is 1.16 bits per heavy atom. The second kappa shape index (κ2) is 6.69. The van der Waals surface area contributed by atoms with Crippen LogP contribution in [0.3, 0.4) is 0 Å². The van der Waals surface area contributed by atoms with Gasteiger partial charge in [-0.2, -0.15) is 0 Å². The third kappa shape index (κ3) is 3.15. The van der Waals surface area contributed by atoms with Gasteiger partial charge in [0.15, 0.2) is 0 Å². The molecule has 4 nitrogen and oxygen atoms in total. The van der Waals surface area contributed by atoms with Gasteiger partial charge in [0.1, 0.15) is 11.9 Å². The minimum absolute atomic E-state index is 0.134. The Labute approximate surface area is 145 Å². The van der Waals surface area contributed by atoms with Crippen molar-refractivity contribution in [1.82, 2.24) is 4.57 Å². The third-order valence-electron chi connectivity index (χ3n) is 4.39. The Bertz CT molecular complexity index is 913. The largest absolute Gasteiger partial charge is 0.480 e. The van der Waals surface area contributed by atoms with E-state index in [4.69, 9.17) is 5.73 Å². The molecular formula is C20H21FN2O2. The van der Waals surface area contributed by atoms with Gasteiger partial charge >= 0.3 is 5.97 Å². The van der Waals surface area contributed by atoms with Gasteiger partial charge in [-0.3, -0.25) is 4.79 Å². The zero-order chi connectivity index (χ0) is 18.1. The first-order valence-corrected chi connectivity index (χ1v) is 8.26. The second-order valence-electron chi connectivity index (χ2n) is 6.46. The molecule has 0 aliphatic rings. The molecule has 0 bridgehead atoms. The molecule has 0 spiro atoms. The predicted octanol–water partition coefficient (Wildman–Crippen LogP) is 3.98. The average molecular weight is 340 g/mol. The smallest absolute Gasteiger partial charge is 0.320 e. The molecule has 0 saturated heterocycles. The molecule has 1 atom stereocenters. The van der Waals surface area contributed by atoms with E-state index in [0.29, 0.717) is 0 Å². The number of carbonyl (C=O) groups is 1. The summed E-state index contributed by atoms with van der Waals surface area (Å²) in [4.78, 5) is 11.3. The van der Waals surface area contributed by atoms with Gasteiger partial charge in [-0.25, -0.2) is 4.39 Å². The fourth-order valence-electron chi connectivity index (χ4n) is 3.34. The van der Waals surface area contributed by atoms with E-state index in [1.807, 2.05) is 24.3 Å². The molecule has 3 rings (SSSR count). The average Bonchev–Trinajstić information content (AvgIpc) is 2.89. The van der Waals surface area contributed by atoms with Gasteiger partial charge in [0.05, 0.1) is 0 Å². The van der Waals surface area contributed by atoms with Crippen molar-refractivity contribution in [2.75, 3.05) is 0 Å². The van der Waals surface area contributed by atoms with Gasteiger partial charge in [0.2, 0.25) is 0 Å². The molecule has 1 aromatic heterocycles. The number of carboxylic acids is 1. The lowest BCUT2D eigenvalue weighted by Gasteiger charge is -2.17. The molecule has 25 heavy (non-hydrogen) atoms. The number of hydrogen-bond acceptors (Lipinski definition) is 2. The summed E-state index contributed by atoms with van der Waals surface area (Å²) in [6.07, 6.45) is 0.203. The number of benzene rings is 2. The van der Waals surface area contributed by atoms with Gasteiger partial charge in [0, 0.05) is 34.6 Å². The van der Waals surface area contributed by atoms with Gasteiger partial charge in [-0.1, -0.05) is 30.3 Å². The number of aromatic nitrogens is 1. The molecular weight excluding hydrogens is 319 g/mol. The number of hydrogen-bond donors (Lipinski definition) is 2. The molecule has 3 N–H and O–H groups in total. The van der Waals surface area contributed by atoms with Crippen LogP contribution in [0.1, 0.15) is 25.6 Å². The second-order valence-corrected chi connectivity index (χ2v) is 6.46. The van der Waals surface area contributed by atoms with Gasteiger partial charge in [0.25, 0.3) is 0 Å². The minimum atomic E-state index is -1.04. The van der Waals surface area contributed by atoms with Crippen molar-refractivity contribution >= 4 is 16.9 Å². The van der Waals surface area contributed by atoms with E-state index in [9.17, 15) is 14.3 Å². The Balaban J connectivity index is 2.32. The summed E-state index contributed by atoms with van der Waals surface area (Å²) < 4.78 is 15.5. The lowest BCUT2D eigenvalue weighted by atomic mass is 9.98. The lowest BCUT2D eigenvalue weighted by Crippen LogP contribution is -2.33.